The van der Waals surface area contributed by atoms with E-state index in [4.69, 9.17) is 9.47 Å². The standard InChI is InChI=1S/C17H19NO5S/c1-11(13-6-7-16-17(9-13)23-10-22-16)18-24(20,21)15-5-3-4-14(8-15)12(2)19/h3-9,11-12,18-19H,10H2,1-2H3. The molecule has 0 bridgehead atoms. The number of fused-ring (bicyclic) bond motifs is 1. The minimum atomic E-state index is -3.71. The van der Waals surface area contributed by atoms with Gasteiger partial charge in [0.1, 0.15) is 0 Å². The normalized spacial score (nSPS) is 16.0. The van der Waals surface area contributed by atoms with Gasteiger partial charge in [-0.15, -0.1) is 0 Å². The summed E-state index contributed by atoms with van der Waals surface area (Å²) in [6, 6.07) is 11.2. The number of benzene rings is 2. The molecule has 24 heavy (non-hydrogen) atoms. The Morgan fingerprint density at radius 2 is 1.79 bits per heavy atom. The van der Waals surface area contributed by atoms with E-state index in [0.29, 0.717) is 17.1 Å². The Balaban J connectivity index is 1.82. The number of aliphatic hydroxyl groups excluding tert-OH is 1. The third kappa shape index (κ3) is 3.38. The van der Waals surface area contributed by atoms with Crippen molar-refractivity contribution < 1.29 is 23.0 Å². The van der Waals surface area contributed by atoms with E-state index >= 15 is 0 Å². The lowest BCUT2D eigenvalue weighted by Gasteiger charge is -2.16. The zero-order valence-electron chi connectivity index (χ0n) is 13.4. The van der Waals surface area contributed by atoms with E-state index in [1.54, 1.807) is 44.2 Å². The van der Waals surface area contributed by atoms with E-state index in [-0.39, 0.29) is 11.7 Å². The fraction of sp³-hybridized carbons (Fsp3) is 0.294. The van der Waals surface area contributed by atoms with Gasteiger partial charge in [-0.2, -0.15) is 0 Å². The number of aliphatic hydroxyl groups is 1. The Kier molecular flexibility index (Phi) is 4.49. The molecule has 2 atom stereocenters. The summed E-state index contributed by atoms with van der Waals surface area (Å²) in [6.45, 7) is 3.52. The van der Waals surface area contributed by atoms with Crippen LogP contribution in [0, 0.1) is 0 Å². The summed E-state index contributed by atoms with van der Waals surface area (Å²) < 4.78 is 38.4. The first kappa shape index (κ1) is 16.8. The largest absolute Gasteiger partial charge is 0.454 e. The summed E-state index contributed by atoms with van der Waals surface area (Å²) in [7, 11) is -3.71. The predicted octanol–water partition coefficient (Wildman–Crippen LogP) is 2.51. The quantitative estimate of drug-likeness (QED) is 0.866. The molecular formula is C17H19NO5S. The van der Waals surface area contributed by atoms with Gasteiger partial charge in [0.2, 0.25) is 16.8 Å². The lowest BCUT2D eigenvalue weighted by atomic mass is 10.1. The SMILES string of the molecule is CC(O)c1cccc(S(=O)(=O)NC(C)c2ccc3c(c2)OCO3)c1. The van der Waals surface area contributed by atoms with Gasteiger partial charge in [-0.05, 0) is 49.2 Å². The van der Waals surface area contributed by atoms with E-state index in [1.807, 2.05) is 0 Å². The predicted molar refractivity (Wildman–Crippen MR) is 88.4 cm³/mol. The molecule has 0 aliphatic carbocycles. The number of hydrogen-bond acceptors (Lipinski definition) is 5. The number of ether oxygens (including phenoxy) is 2. The third-order valence-electron chi connectivity index (χ3n) is 3.88. The molecule has 1 aliphatic rings. The maximum Gasteiger partial charge on any atom is 0.241 e. The lowest BCUT2D eigenvalue weighted by molar-refractivity contribution is 0.174. The smallest absolute Gasteiger partial charge is 0.241 e. The van der Waals surface area contributed by atoms with E-state index in [2.05, 4.69) is 4.72 Å². The molecule has 6 nitrogen and oxygen atoms in total. The zero-order chi connectivity index (χ0) is 17.3. The van der Waals surface area contributed by atoms with Gasteiger partial charge in [0.25, 0.3) is 0 Å². The summed E-state index contributed by atoms with van der Waals surface area (Å²) in [5.74, 6) is 1.26. The molecule has 0 saturated carbocycles. The van der Waals surface area contributed by atoms with Gasteiger partial charge in [-0.3, -0.25) is 0 Å². The van der Waals surface area contributed by atoms with Gasteiger partial charge in [0.15, 0.2) is 11.5 Å². The zero-order valence-corrected chi connectivity index (χ0v) is 14.2. The highest BCUT2D eigenvalue weighted by Gasteiger charge is 2.21. The van der Waals surface area contributed by atoms with Crippen molar-refractivity contribution in [2.75, 3.05) is 6.79 Å². The van der Waals surface area contributed by atoms with Crippen molar-refractivity contribution in [3.05, 3.63) is 53.6 Å². The molecule has 128 valence electrons. The van der Waals surface area contributed by atoms with Crippen LogP contribution < -0.4 is 14.2 Å². The van der Waals surface area contributed by atoms with Crippen LogP contribution in [0.1, 0.15) is 37.1 Å². The summed E-state index contributed by atoms with van der Waals surface area (Å²) in [5, 5.41) is 9.62. The van der Waals surface area contributed by atoms with Crippen LogP contribution in [-0.4, -0.2) is 20.3 Å². The highest BCUT2D eigenvalue weighted by atomic mass is 32.2. The second-order valence-electron chi connectivity index (χ2n) is 5.70. The van der Waals surface area contributed by atoms with Crippen molar-refractivity contribution in [2.45, 2.75) is 30.9 Å². The van der Waals surface area contributed by atoms with Crippen molar-refractivity contribution >= 4 is 10.0 Å². The third-order valence-corrected chi connectivity index (χ3v) is 5.42. The van der Waals surface area contributed by atoms with E-state index in [0.717, 1.165) is 5.56 Å². The van der Waals surface area contributed by atoms with Crippen molar-refractivity contribution in [2.24, 2.45) is 0 Å². The molecule has 0 saturated heterocycles. The molecule has 2 aromatic rings. The van der Waals surface area contributed by atoms with Crippen molar-refractivity contribution in [1.29, 1.82) is 0 Å². The van der Waals surface area contributed by atoms with Crippen molar-refractivity contribution in [3.8, 4) is 11.5 Å². The average molecular weight is 349 g/mol. The molecule has 1 aliphatic heterocycles. The van der Waals surface area contributed by atoms with E-state index in [1.165, 1.54) is 12.1 Å². The number of nitrogens with one attached hydrogen (secondary N) is 1. The molecule has 0 aromatic heterocycles. The summed E-state index contributed by atoms with van der Waals surface area (Å²) in [5.41, 5.74) is 1.32. The second kappa shape index (κ2) is 6.43. The van der Waals surface area contributed by atoms with Crippen LogP contribution in [-0.2, 0) is 10.0 Å². The molecule has 0 fully saturated rings. The van der Waals surface area contributed by atoms with Gasteiger partial charge < -0.3 is 14.6 Å². The van der Waals surface area contributed by atoms with Crippen molar-refractivity contribution in [1.82, 2.24) is 4.72 Å². The Bertz CT molecular complexity index is 848. The Hall–Kier alpha value is -2.09. The molecule has 2 aromatic carbocycles. The van der Waals surface area contributed by atoms with Gasteiger partial charge in [0, 0.05) is 6.04 Å². The molecule has 0 radical (unpaired) electrons. The molecular weight excluding hydrogens is 330 g/mol. The Labute approximate surface area is 141 Å². The van der Waals surface area contributed by atoms with Crippen LogP contribution in [0.2, 0.25) is 0 Å². The van der Waals surface area contributed by atoms with Crippen LogP contribution >= 0.6 is 0 Å². The molecule has 0 spiro atoms. The molecule has 2 N–H and O–H groups in total. The van der Waals surface area contributed by atoms with E-state index in [9.17, 15) is 13.5 Å². The molecule has 7 heteroatoms. The fourth-order valence-electron chi connectivity index (χ4n) is 2.49. The highest BCUT2D eigenvalue weighted by molar-refractivity contribution is 7.89. The fourth-order valence-corrected chi connectivity index (χ4v) is 3.78. The number of rotatable bonds is 5. The van der Waals surface area contributed by atoms with Crippen LogP contribution in [0.3, 0.4) is 0 Å². The highest BCUT2D eigenvalue weighted by Crippen LogP contribution is 2.34. The van der Waals surface area contributed by atoms with Gasteiger partial charge >= 0.3 is 0 Å². The van der Waals surface area contributed by atoms with Gasteiger partial charge in [-0.1, -0.05) is 18.2 Å². The minimum Gasteiger partial charge on any atom is -0.454 e. The lowest BCUT2D eigenvalue weighted by Crippen LogP contribution is -2.27. The molecule has 2 unspecified atom stereocenters. The van der Waals surface area contributed by atoms with Crippen LogP contribution in [0.5, 0.6) is 11.5 Å². The van der Waals surface area contributed by atoms with Crippen LogP contribution in [0.25, 0.3) is 0 Å². The van der Waals surface area contributed by atoms with E-state index < -0.39 is 22.2 Å². The van der Waals surface area contributed by atoms with Gasteiger partial charge in [-0.25, -0.2) is 13.1 Å². The van der Waals surface area contributed by atoms with Crippen LogP contribution in [0.4, 0.5) is 0 Å². The maximum absolute atomic E-state index is 12.6. The Morgan fingerprint density at radius 3 is 2.54 bits per heavy atom. The van der Waals surface area contributed by atoms with Gasteiger partial charge in [0.05, 0.1) is 11.0 Å². The van der Waals surface area contributed by atoms with Crippen molar-refractivity contribution in [3.63, 3.8) is 0 Å². The molecule has 3 rings (SSSR count). The molecule has 1 heterocycles. The summed E-state index contributed by atoms with van der Waals surface area (Å²) >= 11 is 0. The first-order chi connectivity index (χ1) is 11.4. The molecule has 0 amide bonds. The first-order valence-corrected chi connectivity index (χ1v) is 9.05. The summed E-state index contributed by atoms with van der Waals surface area (Å²) in [6.07, 6.45) is -0.730. The monoisotopic (exact) mass is 349 g/mol. The maximum atomic E-state index is 12.6. The minimum absolute atomic E-state index is 0.119. The topological polar surface area (TPSA) is 84.9 Å². The van der Waals surface area contributed by atoms with Crippen LogP contribution in [0.15, 0.2) is 47.4 Å². The Morgan fingerprint density at radius 1 is 1.04 bits per heavy atom. The second-order valence-corrected chi connectivity index (χ2v) is 7.42. The average Bonchev–Trinajstić information content (AvgIpc) is 3.02. The summed E-state index contributed by atoms with van der Waals surface area (Å²) in [4.78, 5) is 0.119. The number of sulfonamides is 1. The number of hydrogen-bond donors (Lipinski definition) is 2. The first-order valence-electron chi connectivity index (χ1n) is 7.57.